The Bertz CT molecular complexity index is 500. The van der Waals surface area contributed by atoms with Gasteiger partial charge in [0.05, 0.1) is 6.10 Å². The summed E-state index contributed by atoms with van der Waals surface area (Å²) in [5.74, 6) is 1.88. The summed E-state index contributed by atoms with van der Waals surface area (Å²) in [6.07, 6.45) is 5.15. The van der Waals surface area contributed by atoms with Gasteiger partial charge in [0, 0.05) is 51.1 Å². The zero-order valence-electron chi connectivity index (χ0n) is 14.1. The molecule has 0 bridgehead atoms. The van der Waals surface area contributed by atoms with Crippen molar-refractivity contribution in [3.63, 3.8) is 0 Å². The molecule has 126 valence electrons. The van der Waals surface area contributed by atoms with Crippen LogP contribution < -0.4 is 10.6 Å². The first-order chi connectivity index (χ1) is 9.98. The van der Waals surface area contributed by atoms with Gasteiger partial charge in [-0.3, -0.25) is 4.99 Å². The van der Waals surface area contributed by atoms with E-state index >= 15 is 0 Å². The van der Waals surface area contributed by atoms with E-state index in [2.05, 4.69) is 39.0 Å². The molecule has 0 amide bonds. The number of nitrogens with zero attached hydrogens (tertiary/aromatic N) is 3. The van der Waals surface area contributed by atoms with Gasteiger partial charge >= 0.3 is 0 Å². The molecular formula is C15H28IN5O. The van der Waals surface area contributed by atoms with Crippen LogP contribution in [0.5, 0.6) is 0 Å². The summed E-state index contributed by atoms with van der Waals surface area (Å²) in [6.45, 7) is 8.16. The maximum atomic E-state index is 5.48. The van der Waals surface area contributed by atoms with Gasteiger partial charge in [0.25, 0.3) is 0 Å². The molecule has 2 unspecified atom stereocenters. The highest BCUT2D eigenvalue weighted by molar-refractivity contribution is 14.0. The molecule has 1 aromatic rings. The number of ether oxygens (including phenoxy) is 1. The SMILES string of the molecule is CN=C(NCCn1ccnc1C)NC1CC(OC)C1(C)C.I. The highest BCUT2D eigenvalue weighted by atomic mass is 127. The van der Waals surface area contributed by atoms with Gasteiger partial charge in [-0.1, -0.05) is 13.8 Å². The Balaban J connectivity index is 0.00000242. The standard InChI is InChI=1S/C15H27N5O.HI/c1-11-17-6-8-20(11)9-7-18-14(16-4)19-12-10-13(21-5)15(12,2)3;/h6,8,12-13H,7,9-10H2,1-5H3,(H2,16,18,19);1H. The van der Waals surface area contributed by atoms with E-state index in [-0.39, 0.29) is 29.4 Å². The first-order valence-corrected chi connectivity index (χ1v) is 7.46. The molecule has 1 fully saturated rings. The fraction of sp³-hybridized carbons (Fsp3) is 0.733. The van der Waals surface area contributed by atoms with Gasteiger partial charge in [0.15, 0.2) is 5.96 Å². The predicted molar refractivity (Wildman–Crippen MR) is 99.9 cm³/mol. The molecule has 1 aliphatic carbocycles. The number of hydrogen-bond acceptors (Lipinski definition) is 3. The first kappa shape index (κ1) is 19.2. The maximum absolute atomic E-state index is 5.48. The molecule has 1 aromatic heterocycles. The lowest BCUT2D eigenvalue weighted by molar-refractivity contribution is -0.0922. The normalized spacial score (nSPS) is 23.4. The summed E-state index contributed by atoms with van der Waals surface area (Å²) in [7, 11) is 3.58. The van der Waals surface area contributed by atoms with E-state index in [9.17, 15) is 0 Å². The fourth-order valence-electron chi connectivity index (χ4n) is 2.82. The highest BCUT2D eigenvalue weighted by Crippen LogP contribution is 2.42. The summed E-state index contributed by atoms with van der Waals surface area (Å²) >= 11 is 0. The van der Waals surface area contributed by atoms with Gasteiger partial charge in [-0.15, -0.1) is 24.0 Å². The zero-order chi connectivity index (χ0) is 15.5. The van der Waals surface area contributed by atoms with Gasteiger partial charge in [-0.05, 0) is 13.3 Å². The van der Waals surface area contributed by atoms with Crippen molar-refractivity contribution < 1.29 is 4.74 Å². The lowest BCUT2D eigenvalue weighted by Gasteiger charge is -2.51. The number of aromatic nitrogens is 2. The average Bonchev–Trinajstić information content (AvgIpc) is 2.86. The molecule has 22 heavy (non-hydrogen) atoms. The topological polar surface area (TPSA) is 63.5 Å². The van der Waals surface area contributed by atoms with Crippen molar-refractivity contribution in [3.8, 4) is 0 Å². The minimum Gasteiger partial charge on any atom is -0.381 e. The number of halogens is 1. The third-order valence-corrected chi connectivity index (χ3v) is 4.57. The van der Waals surface area contributed by atoms with E-state index in [0.29, 0.717) is 12.1 Å². The van der Waals surface area contributed by atoms with Gasteiger partial charge in [0.1, 0.15) is 5.82 Å². The highest BCUT2D eigenvalue weighted by Gasteiger charge is 2.48. The van der Waals surface area contributed by atoms with E-state index in [0.717, 1.165) is 31.3 Å². The average molecular weight is 421 g/mol. The second kappa shape index (κ2) is 8.14. The maximum Gasteiger partial charge on any atom is 0.191 e. The van der Waals surface area contributed by atoms with Crippen molar-refractivity contribution >= 4 is 29.9 Å². The minimum absolute atomic E-state index is 0. The molecule has 1 saturated carbocycles. The number of methoxy groups -OCH3 is 1. The number of aryl methyl sites for hydroxylation is 1. The molecule has 0 aliphatic heterocycles. The van der Waals surface area contributed by atoms with Crippen molar-refractivity contribution in [1.82, 2.24) is 20.2 Å². The molecule has 2 rings (SSSR count). The second-order valence-electron chi connectivity index (χ2n) is 6.15. The molecule has 6 nitrogen and oxygen atoms in total. The van der Waals surface area contributed by atoms with E-state index in [1.54, 1.807) is 14.2 Å². The van der Waals surface area contributed by atoms with Crippen LogP contribution in [0.3, 0.4) is 0 Å². The van der Waals surface area contributed by atoms with E-state index in [1.165, 1.54) is 0 Å². The van der Waals surface area contributed by atoms with Crippen molar-refractivity contribution in [2.75, 3.05) is 20.7 Å². The van der Waals surface area contributed by atoms with Crippen LogP contribution in [-0.4, -0.2) is 48.4 Å². The molecule has 7 heteroatoms. The van der Waals surface area contributed by atoms with E-state index in [1.807, 2.05) is 19.3 Å². The number of hydrogen-bond donors (Lipinski definition) is 2. The Morgan fingerprint density at radius 3 is 2.77 bits per heavy atom. The van der Waals surface area contributed by atoms with Crippen LogP contribution in [-0.2, 0) is 11.3 Å². The van der Waals surface area contributed by atoms with Crippen LogP contribution in [0.2, 0.25) is 0 Å². The Morgan fingerprint density at radius 1 is 1.55 bits per heavy atom. The second-order valence-corrected chi connectivity index (χ2v) is 6.15. The van der Waals surface area contributed by atoms with Crippen LogP contribution >= 0.6 is 24.0 Å². The van der Waals surface area contributed by atoms with Crippen LogP contribution in [0.15, 0.2) is 17.4 Å². The van der Waals surface area contributed by atoms with Crippen molar-refractivity contribution in [1.29, 1.82) is 0 Å². The quantitative estimate of drug-likeness (QED) is 0.433. The molecule has 2 atom stereocenters. The molecule has 0 aromatic carbocycles. The van der Waals surface area contributed by atoms with Crippen molar-refractivity contribution in [2.24, 2.45) is 10.4 Å². The number of guanidine groups is 1. The Hall–Kier alpha value is -0.830. The van der Waals surface area contributed by atoms with Crippen molar-refractivity contribution in [2.45, 2.75) is 45.9 Å². The van der Waals surface area contributed by atoms with Crippen LogP contribution in [0.4, 0.5) is 0 Å². The van der Waals surface area contributed by atoms with Gasteiger partial charge in [-0.2, -0.15) is 0 Å². The Morgan fingerprint density at radius 2 is 2.27 bits per heavy atom. The molecule has 0 spiro atoms. The van der Waals surface area contributed by atoms with Crippen LogP contribution in [0.25, 0.3) is 0 Å². The van der Waals surface area contributed by atoms with Crippen LogP contribution in [0, 0.1) is 12.3 Å². The number of aliphatic imine (C=N–C) groups is 1. The zero-order valence-corrected chi connectivity index (χ0v) is 16.4. The third kappa shape index (κ3) is 4.13. The molecule has 0 saturated heterocycles. The summed E-state index contributed by atoms with van der Waals surface area (Å²) < 4.78 is 7.60. The van der Waals surface area contributed by atoms with Crippen LogP contribution in [0.1, 0.15) is 26.1 Å². The smallest absolute Gasteiger partial charge is 0.191 e. The molecular weight excluding hydrogens is 393 g/mol. The molecule has 1 heterocycles. The largest absolute Gasteiger partial charge is 0.381 e. The third-order valence-electron chi connectivity index (χ3n) is 4.57. The summed E-state index contributed by atoms with van der Waals surface area (Å²) in [5.41, 5.74) is 0.132. The first-order valence-electron chi connectivity index (χ1n) is 7.46. The lowest BCUT2D eigenvalue weighted by atomic mass is 9.64. The predicted octanol–water partition coefficient (Wildman–Crippen LogP) is 1.79. The number of rotatable bonds is 5. The number of imidazole rings is 1. The van der Waals surface area contributed by atoms with Crippen molar-refractivity contribution in [3.05, 3.63) is 18.2 Å². The summed E-state index contributed by atoms with van der Waals surface area (Å²) in [6, 6.07) is 0.392. The van der Waals surface area contributed by atoms with Gasteiger partial charge in [-0.25, -0.2) is 4.98 Å². The van der Waals surface area contributed by atoms with Gasteiger partial charge in [0.2, 0.25) is 0 Å². The van der Waals surface area contributed by atoms with E-state index < -0.39 is 0 Å². The monoisotopic (exact) mass is 421 g/mol. The Kier molecular flexibility index (Phi) is 7.11. The molecule has 2 N–H and O–H groups in total. The van der Waals surface area contributed by atoms with E-state index in [4.69, 9.17) is 4.74 Å². The molecule has 0 radical (unpaired) electrons. The lowest BCUT2D eigenvalue weighted by Crippen LogP contribution is -2.63. The van der Waals surface area contributed by atoms with Gasteiger partial charge < -0.3 is 19.9 Å². The minimum atomic E-state index is 0. The molecule has 1 aliphatic rings. The Labute approximate surface area is 150 Å². The summed E-state index contributed by atoms with van der Waals surface area (Å²) in [4.78, 5) is 8.51. The fourth-order valence-corrected chi connectivity index (χ4v) is 2.82. The summed E-state index contributed by atoms with van der Waals surface area (Å²) in [5, 5.41) is 6.84. The number of nitrogens with one attached hydrogen (secondary N) is 2.